The van der Waals surface area contributed by atoms with Crippen molar-refractivity contribution in [1.82, 2.24) is 5.32 Å². The van der Waals surface area contributed by atoms with Crippen molar-refractivity contribution in [2.75, 3.05) is 18.6 Å². The average molecular weight is 473 g/mol. The number of rotatable bonds is 8. The summed E-state index contributed by atoms with van der Waals surface area (Å²) in [7, 11) is 1.51. The predicted octanol–water partition coefficient (Wildman–Crippen LogP) is 5.06. The number of likely N-dealkylation sites (N-methyl/N-ethyl adjacent to an activating group) is 1. The maximum atomic E-state index is 13.2. The number of hydrogen-bond acceptors (Lipinski definition) is 4. The highest BCUT2D eigenvalue weighted by molar-refractivity contribution is 6.04. The number of nitrogens with zero attached hydrogens (tertiary/aromatic N) is 1. The van der Waals surface area contributed by atoms with Gasteiger partial charge in [0.15, 0.2) is 0 Å². The molecule has 0 heterocycles. The zero-order valence-electron chi connectivity index (χ0n) is 19.7. The van der Waals surface area contributed by atoms with E-state index in [4.69, 9.17) is 4.74 Å². The minimum absolute atomic E-state index is 0.0136. The lowest BCUT2D eigenvalue weighted by molar-refractivity contribution is -0.120. The van der Waals surface area contributed by atoms with Gasteiger partial charge in [-0.15, -0.1) is 0 Å². The van der Waals surface area contributed by atoms with Gasteiger partial charge in [0.1, 0.15) is 12.6 Å². The minimum Gasteiger partial charge on any atom is -0.478 e. The Labute approximate surface area is 204 Å². The van der Waals surface area contributed by atoms with Gasteiger partial charge < -0.3 is 20.1 Å². The molecule has 7 heteroatoms. The number of carboxylic acid groups (broad SMARTS) is 1. The van der Waals surface area contributed by atoms with E-state index in [-0.39, 0.29) is 23.8 Å². The van der Waals surface area contributed by atoms with Gasteiger partial charge in [-0.1, -0.05) is 74.0 Å². The first-order valence-corrected chi connectivity index (χ1v) is 11.6. The Morgan fingerprint density at radius 1 is 0.943 bits per heavy atom. The normalized spacial score (nSPS) is 12.9. The number of amides is 2. The van der Waals surface area contributed by atoms with Crippen molar-refractivity contribution in [1.29, 1.82) is 0 Å². The van der Waals surface area contributed by atoms with Crippen LogP contribution in [0.15, 0.2) is 72.8 Å². The van der Waals surface area contributed by atoms with E-state index in [1.807, 2.05) is 43.3 Å². The average Bonchev–Trinajstić information content (AvgIpc) is 3.20. The van der Waals surface area contributed by atoms with Gasteiger partial charge in [0, 0.05) is 13.0 Å². The monoisotopic (exact) mass is 472 g/mol. The van der Waals surface area contributed by atoms with Crippen molar-refractivity contribution in [2.24, 2.45) is 0 Å². The Morgan fingerprint density at radius 3 is 2.11 bits per heavy atom. The van der Waals surface area contributed by atoms with Crippen LogP contribution in [0.1, 0.15) is 47.2 Å². The largest absolute Gasteiger partial charge is 0.478 e. The lowest BCUT2D eigenvalue weighted by Crippen LogP contribution is -2.48. The number of aromatic carboxylic acids is 1. The number of benzene rings is 3. The fourth-order valence-electron chi connectivity index (χ4n) is 4.63. The van der Waals surface area contributed by atoms with E-state index < -0.39 is 24.0 Å². The molecule has 1 aliphatic carbocycles. The smallest absolute Gasteiger partial charge is 0.407 e. The third-order valence-electron chi connectivity index (χ3n) is 6.34. The van der Waals surface area contributed by atoms with Crippen molar-refractivity contribution in [3.05, 3.63) is 89.5 Å². The maximum absolute atomic E-state index is 13.2. The topological polar surface area (TPSA) is 95.9 Å². The van der Waals surface area contributed by atoms with Gasteiger partial charge >= 0.3 is 12.1 Å². The van der Waals surface area contributed by atoms with E-state index >= 15 is 0 Å². The first-order chi connectivity index (χ1) is 16.9. The fourth-order valence-corrected chi connectivity index (χ4v) is 4.63. The van der Waals surface area contributed by atoms with Crippen LogP contribution >= 0.6 is 0 Å². The van der Waals surface area contributed by atoms with Crippen molar-refractivity contribution in [3.63, 3.8) is 0 Å². The summed E-state index contributed by atoms with van der Waals surface area (Å²) in [6, 6.07) is 21.6. The number of fused-ring (bicyclic) bond motifs is 3. The summed E-state index contributed by atoms with van der Waals surface area (Å²) in [5.74, 6) is -1.62. The Morgan fingerprint density at radius 2 is 1.51 bits per heavy atom. The van der Waals surface area contributed by atoms with E-state index in [0.717, 1.165) is 22.3 Å². The minimum atomic E-state index is -1.13. The molecule has 0 saturated heterocycles. The summed E-state index contributed by atoms with van der Waals surface area (Å²) in [6.45, 7) is 2.05. The third kappa shape index (κ3) is 4.89. The Kier molecular flexibility index (Phi) is 7.15. The molecule has 0 radical (unpaired) electrons. The Hall–Kier alpha value is -4.13. The highest BCUT2D eigenvalue weighted by Crippen LogP contribution is 2.44. The molecule has 0 saturated carbocycles. The molecular weight excluding hydrogens is 444 g/mol. The first kappa shape index (κ1) is 24.0. The van der Waals surface area contributed by atoms with Crippen LogP contribution in [-0.2, 0) is 9.53 Å². The van der Waals surface area contributed by atoms with E-state index in [0.29, 0.717) is 12.8 Å². The zero-order chi connectivity index (χ0) is 24.9. The van der Waals surface area contributed by atoms with Gasteiger partial charge in [0.25, 0.3) is 0 Å². The van der Waals surface area contributed by atoms with Crippen LogP contribution in [0.2, 0.25) is 0 Å². The van der Waals surface area contributed by atoms with Gasteiger partial charge in [0.05, 0.1) is 11.3 Å². The standard InChI is InChI=1S/C28H28N2O5/c1-3-10-24(26(31)30(2)25-16-9-8-15-22(25)27(32)33)29-28(34)35-17-23-20-13-6-4-11-18(20)19-12-5-7-14-21(19)23/h4-9,11-16,23-24H,3,10,17H2,1-2H3,(H,29,34)(H,32,33)/t24-/m0/s1. The molecule has 3 aromatic carbocycles. The molecule has 7 nitrogen and oxygen atoms in total. The molecule has 0 aliphatic heterocycles. The molecule has 0 fully saturated rings. The van der Waals surface area contributed by atoms with Crippen LogP contribution < -0.4 is 10.2 Å². The Bertz CT molecular complexity index is 1210. The second-order valence-corrected chi connectivity index (χ2v) is 8.53. The second kappa shape index (κ2) is 10.4. The van der Waals surface area contributed by atoms with Gasteiger partial charge in [0.2, 0.25) is 5.91 Å². The number of hydrogen-bond donors (Lipinski definition) is 2. The van der Waals surface area contributed by atoms with Crippen LogP contribution in [0.25, 0.3) is 11.1 Å². The summed E-state index contributed by atoms with van der Waals surface area (Å²) < 4.78 is 5.60. The number of carboxylic acids is 1. The quantitative estimate of drug-likeness (QED) is 0.478. The molecule has 3 aromatic rings. The molecule has 1 atom stereocenters. The summed E-state index contributed by atoms with van der Waals surface area (Å²) in [4.78, 5) is 38.8. The van der Waals surface area contributed by atoms with Crippen molar-refractivity contribution >= 4 is 23.7 Å². The zero-order valence-corrected chi connectivity index (χ0v) is 19.7. The summed E-state index contributed by atoms with van der Waals surface area (Å²) in [6.07, 6.45) is 0.357. The number of carbonyl (C=O) groups excluding carboxylic acids is 2. The van der Waals surface area contributed by atoms with Crippen LogP contribution in [0.5, 0.6) is 0 Å². The van der Waals surface area contributed by atoms with Crippen LogP contribution in [0.3, 0.4) is 0 Å². The van der Waals surface area contributed by atoms with Crippen LogP contribution in [0.4, 0.5) is 10.5 Å². The molecule has 2 amide bonds. The maximum Gasteiger partial charge on any atom is 0.407 e. The SMILES string of the molecule is CCC[C@H](NC(=O)OCC1c2ccccc2-c2ccccc21)C(=O)N(C)c1ccccc1C(=O)O. The van der Waals surface area contributed by atoms with Gasteiger partial charge in [-0.25, -0.2) is 9.59 Å². The lowest BCUT2D eigenvalue weighted by atomic mass is 9.98. The number of nitrogens with one attached hydrogen (secondary N) is 1. The number of carbonyl (C=O) groups is 3. The van der Waals surface area contributed by atoms with E-state index in [1.54, 1.807) is 18.2 Å². The van der Waals surface area contributed by atoms with E-state index in [1.165, 1.54) is 18.0 Å². The summed E-state index contributed by atoms with van der Waals surface area (Å²) in [5.41, 5.74) is 4.75. The van der Waals surface area contributed by atoms with Crippen molar-refractivity contribution in [3.8, 4) is 11.1 Å². The second-order valence-electron chi connectivity index (χ2n) is 8.53. The van der Waals surface area contributed by atoms with E-state index in [2.05, 4.69) is 17.4 Å². The number of alkyl carbamates (subject to hydrolysis) is 1. The van der Waals surface area contributed by atoms with Gasteiger partial charge in [-0.2, -0.15) is 0 Å². The molecule has 0 aromatic heterocycles. The number of para-hydroxylation sites is 1. The highest BCUT2D eigenvalue weighted by atomic mass is 16.5. The van der Waals surface area contributed by atoms with Crippen LogP contribution in [0, 0.1) is 0 Å². The predicted molar refractivity (Wildman–Crippen MR) is 134 cm³/mol. The molecule has 4 rings (SSSR count). The van der Waals surface area contributed by atoms with Crippen molar-refractivity contribution in [2.45, 2.75) is 31.7 Å². The van der Waals surface area contributed by atoms with Gasteiger partial charge in [-0.05, 0) is 40.8 Å². The van der Waals surface area contributed by atoms with E-state index in [9.17, 15) is 19.5 Å². The Balaban J connectivity index is 1.46. The lowest BCUT2D eigenvalue weighted by Gasteiger charge is -2.25. The fraction of sp³-hybridized carbons (Fsp3) is 0.250. The number of ether oxygens (including phenoxy) is 1. The van der Waals surface area contributed by atoms with Crippen LogP contribution in [-0.4, -0.2) is 42.8 Å². The van der Waals surface area contributed by atoms with Crippen molar-refractivity contribution < 1.29 is 24.2 Å². The molecule has 1 aliphatic rings. The third-order valence-corrected chi connectivity index (χ3v) is 6.34. The molecule has 180 valence electrons. The summed E-state index contributed by atoms with van der Waals surface area (Å²) >= 11 is 0. The number of anilines is 1. The molecule has 0 spiro atoms. The molecular formula is C28H28N2O5. The molecule has 0 bridgehead atoms. The highest BCUT2D eigenvalue weighted by Gasteiger charge is 2.30. The van der Waals surface area contributed by atoms with Gasteiger partial charge in [-0.3, -0.25) is 4.79 Å². The molecule has 2 N–H and O–H groups in total. The summed E-state index contributed by atoms with van der Waals surface area (Å²) in [5, 5.41) is 12.2. The molecule has 0 unspecified atom stereocenters. The first-order valence-electron chi connectivity index (χ1n) is 11.6. The molecule has 35 heavy (non-hydrogen) atoms.